The molecular formula is C19H23NO3. The first-order chi connectivity index (χ1) is 11.0. The summed E-state index contributed by atoms with van der Waals surface area (Å²) in [7, 11) is 1.60. The van der Waals surface area contributed by atoms with Crippen LogP contribution in [0.25, 0.3) is 0 Å². The summed E-state index contributed by atoms with van der Waals surface area (Å²) in [6.07, 6.45) is 0.0474. The van der Waals surface area contributed by atoms with Gasteiger partial charge in [-0.2, -0.15) is 0 Å². The second-order valence-corrected chi connectivity index (χ2v) is 5.48. The molecule has 0 aliphatic rings. The van der Waals surface area contributed by atoms with Gasteiger partial charge in [0.25, 0.3) is 5.91 Å². The van der Waals surface area contributed by atoms with Crippen LogP contribution in [0.15, 0.2) is 42.5 Å². The van der Waals surface area contributed by atoms with Crippen LogP contribution in [0.2, 0.25) is 0 Å². The SMILES string of the molecule is CC[C@@H](Oc1ccc(C)c(C)c1)C(=O)Nc1cccc(OC)c1. The molecule has 0 aromatic heterocycles. The Bertz CT molecular complexity index is 682. The lowest BCUT2D eigenvalue weighted by atomic mass is 10.1. The second-order valence-electron chi connectivity index (χ2n) is 5.48. The molecule has 0 saturated heterocycles. The minimum Gasteiger partial charge on any atom is -0.497 e. The molecule has 0 heterocycles. The number of hydrogen-bond acceptors (Lipinski definition) is 3. The Morgan fingerprint density at radius 1 is 1.09 bits per heavy atom. The number of aryl methyl sites for hydroxylation is 2. The number of carbonyl (C=O) groups is 1. The molecule has 122 valence electrons. The van der Waals surface area contributed by atoms with E-state index in [4.69, 9.17) is 9.47 Å². The van der Waals surface area contributed by atoms with Gasteiger partial charge >= 0.3 is 0 Å². The third-order valence-corrected chi connectivity index (χ3v) is 3.76. The van der Waals surface area contributed by atoms with Crippen LogP contribution >= 0.6 is 0 Å². The summed E-state index contributed by atoms with van der Waals surface area (Å²) >= 11 is 0. The fourth-order valence-electron chi connectivity index (χ4n) is 2.20. The van der Waals surface area contributed by atoms with Crippen molar-refractivity contribution in [3.05, 3.63) is 53.6 Å². The van der Waals surface area contributed by atoms with Gasteiger partial charge in [-0.1, -0.05) is 19.1 Å². The Hall–Kier alpha value is -2.49. The maximum atomic E-state index is 12.4. The van der Waals surface area contributed by atoms with E-state index in [0.29, 0.717) is 23.6 Å². The molecule has 0 fully saturated rings. The molecule has 4 heteroatoms. The topological polar surface area (TPSA) is 47.6 Å². The minimum atomic E-state index is -0.539. The molecule has 0 spiro atoms. The van der Waals surface area contributed by atoms with Crippen molar-refractivity contribution in [2.45, 2.75) is 33.3 Å². The summed E-state index contributed by atoms with van der Waals surface area (Å²) in [5, 5.41) is 2.87. The van der Waals surface area contributed by atoms with Gasteiger partial charge in [0.2, 0.25) is 0 Å². The highest BCUT2D eigenvalue weighted by Gasteiger charge is 2.19. The molecule has 0 aliphatic carbocycles. The molecule has 0 radical (unpaired) electrons. The van der Waals surface area contributed by atoms with Gasteiger partial charge in [-0.25, -0.2) is 0 Å². The van der Waals surface area contributed by atoms with Crippen LogP contribution in [-0.4, -0.2) is 19.1 Å². The van der Waals surface area contributed by atoms with Crippen molar-refractivity contribution in [3.8, 4) is 11.5 Å². The van der Waals surface area contributed by atoms with Gasteiger partial charge in [0.1, 0.15) is 11.5 Å². The summed E-state index contributed by atoms with van der Waals surface area (Å²) < 4.78 is 11.0. The number of methoxy groups -OCH3 is 1. The lowest BCUT2D eigenvalue weighted by Gasteiger charge is -2.18. The fourth-order valence-corrected chi connectivity index (χ4v) is 2.20. The second kappa shape index (κ2) is 7.68. The summed E-state index contributed by atoms with van der Waals surface area (Å²) in [6.45, 7) is 6.00. The molecule has 2 rings (SSSR count). The van der Waals surface area contributed by atoms with E-state index in [1.807, 2.05) is 57.2 Å². The van der Waals surface area contributed by atoms with Gasteiger partial charge in [0.15, 0.2) is 6.10 Å². The van der Waals surface area contributed by atoms with Gasteiger partial charge in [-0.05, 0) is 55.7 Å². The van der Waals surface area contributed by atoms with Crippen LogP contribution in [0.1, 0.15) is 24.5 Å². The summed E-state index contributed by atoms with van der Waals surface area (Å²) in [5.41, 5.74) is 3.04. The Balaban J connectivity index is 2.07. The lowest BCUT2D eigenvalue weighted by molar-refractivity contribution is -0.122. The first-order valence-corrected chi connectivity index (χ1v) is 7.72. The van der Waals surface area contributed by atoms with Crippen molar-refractivity contribution >= 4 is 11.6 Å². The maximum Gasteiger partial charge on any atom is 0.265 e. The van der Waals surface area contributed by atoms with Crippen LogP contribution in [0.3, 0.4) is 0 Å². The van der Waals surface area contributed by atoms with Crippen LogP contribution in [-0.2, 0) is 4.79 Å². The highest BCUT2D eigenvalue weighted by Crippen LogP contribution is 2.20. The number of hydrogen-bond donors (Lipinski definition) is 1. The van der Waals surface area contributed by atoms with Gasteiger partial charge in [-0.15, -0.1) is 0 Å². The molecule has 4 nitrogen and oxygen atoms in total. The van der Waals surface area contributed by atoms with Gasteiger partial charge in [0, 0.05) is 11.8 Å². The van der Waals surface area contributed by atoms with Crippen LogP contribution in [0.4, 0.5) is 5.69 Å². The Morgan fingerprint density at radius 2 is 1.87 bits per heavy atom. The molecule has 1 atom stereocenters. The molecule has 1 amide bonds. The quantitative estimate of drug-likeness (QED) is 0.873. The molecule has 23 heavy (non-hydrogen) atoms. The molecule has 0 saturated carbocycles. The third-order valence-electron chi connectivity index (χ3n) is 3.76. The molecule has 0 unspecified atom stereocenters. The summed E-state index contributed by atoms with van der Waals surface area (Å²) in [6, 6.07) is 13.1. The lowest BCUT2D eigenvalue weighted by Crippen LogP contribution is -2.32. The van der Waals surface area contributed by atoms with Crippen molar-refractivity contribution in [2.75, 3.05) is 12.4 Å². The van der Waals surface area contributed by atoms with E-state index in [-0.39, 0.29) is 5.91 Å². The molecule has 1 N–H and O–H groups in total. The number of rotatable bonds is 6. The van der Waals surface area contributed by atoms with Gasteiger partial charge in [0.05, 0.1) is 7.11 Å². The highest BCUT2D eigenvalue weighted by molar-refractivity contribution is 5.94. The number of anilines is 1. The number of amides is 1. The van der Waals surface area contributed by atoms with E-state index in [1.165, 1.54) is 5.56 Å². The molecule has 0 aliphatic heterocycles. The zero-order chi connectivity index (χ0) is 16.8. The van der Waals surface area contributed by atoms with Crippen molar-refractivity contribution in [3.63, 3.8) is 0 Å². The average Bonchev–Trinajstić information content (AvgIpc) is 2.55. The van der Waals surface area contributed by atoms with Crippen molar-refractivity contribution in [1.82, 2.24) is 0 Å². The monoisotopic (exact) mass is 313 g/mol. The van der Waals surface area contributed by atoms with Crippen LogP contribution in [0.5, 0.6) is 11.5 Å². The standard InChI is InChI=1S/C19H23NO3/c1-5-18(23-17-10-9-13(2)14(3)11-17)19(21)20-15-7-6-8-16(12-15)22-4/h6-12,18H,5H2,1-4H3,(H,20,21)/t18-/m1/s1. The number of nitrogens with one attached hydrogen (secondary N) is 1. The van der Waals surface area contributed by atoms with E-state index in [9.17, 15) is 4.79 Å². The summed E-state index contributed by atoms with van der Waals surface area (Å²) in [5.74, 6) is 1.24. The van der Waals surface area contributed by atoms with Crippen LogP contribution in [0, 0.1) is 13.8 Å². The van der Waals surface area contributed by atoms with E-state index < -0.39 is 6.10 Å². The highest BCUT2D eigenvalue weighted by atomic mass is 16.5. The predicted octanol–water partition coefficient (Wildman–Crippen LogP) is 4.11. The Morgan fingerprint density at radius 3 is 2.52 bits per heavy atom. The van der Waals surface area contributed by atoms with E-state index in [1.54, 1.807) is 13.2 Å². The largest absolute Gasteiger partial charge is 0.497 e. The summed E-state index contributed by atoms with van der Waals surface area (Å²) in [4.78, 5) is 12.4. The van der Waals surface area contributed by atoms with Crippen LogP contribution < -0.4 is 14.8 Å². The minimum absolute atomic E-state index is 0.168. The van der Waals surface area contributed by atoms with Crippen molar-refractivity contribution < 1.29 is 14.3 Å². The van der Waals surface area contributed by atoms with E-state index >= 15 is 0 Å². The van der Waals surface area contributed by atoms with E-state index in [0.717, 1.165) is 5.56 Å². The first kappa shape index (κ1) is 16.9. The van der Waals surface area contributed by atoms with Gasteiger partial charge in [-0.3, -0.25) is 4.79 Å². The van der Waals surface area contributed by atoms with Crippen molar-refractivity contribution in [1.29, 1.82) is 0 Å². The zero-order valence-electron chi connectivity index (χ0n) is 14.1. The normalized spacial score (nSPS) is 11.7. The zero-order valence-corrected chi connectivity index (χ0v) is 14.1. The molecule has 0 bridgehead atoms. The fraction of sp³-hybridized carbons (Fsp3) is 0.316. The first-order valence-electron chi connectivity index (χ1n) is 7.72. The molecular weight excluding hydrogens is 290 g/mol. The number of carbonyl (C=O) groups excluding carboxylic acids is 1. The number of ether oxygens (including phenoxy) is 2. The maximum absolute atomic E-state index is 12.4. The molecule has 2 aromatic carbocycles. The van der Waals surface area contributed by atoms with Gasteiger partial charge < -0.3 is 14.8 Å². The third kappa shape index (κ3) is 4.49. The van der Waals surface area contributed by atoms with Crippen molar-refractivity contribution in [2.24, 2.45) is 0 Å². The predicted molar refractivity (Wildman–Crippen MR) is 92.2 cm³/mol. The molecule has 2 aromatic rings. The smallest absolute Gasteiger partial charge is 0.265 e. The Labute approximate surface area is 137 Å². The number of benzene rings is 2. The average molecular weight is 313 g/mol. The van der Waals surface area contributed by atoms with E-state index in [2.05, 4.69) is 5.32 Å². The Kier molecular flexibility index (Phi) is 5.63.